The van der Waals surface area contributed by atoms with Gasteiger partial charge in [0.25, 0.3) is 0 Å². The summed E-state index contributed by atoms with van der Waals surface area (Å²) in [5, 5.41) is 10.1. The number of unbranched alkanes of at least 4 members (excludes halogenated alkanes) is 2. The number of amides is 1. The van der Waals surface area contributed by atoms with Crippen LogP contribution in [0.4, 0.5) is 0 Å². The highest BCUT2D eigenvalue weighted by atomic mass is 16.6. The summed E-state index contributed by atoms with van der Waals surface area (Å²) in [6.07, 6.45) is 9.11. The van der Waals surface area contributed by atoms with Crippen LogP contribution in [0.3, 0.4) is 0 Å². The van der Waals surface area contributed by atoms with Crippen molar-refractivity contribution >= 4 is 11.9 Å². The number of piperidine rings is 1. The fraction of sp³-hybridized carbons (Fsp3) is 0.622. The van der Waals surface area contributed by atoms with Crippen LogP contribution in [-0.4, -0.2) is 70.2 Å². The minimum absolute atomic E-state index is 0.0240. The summed E-state index contributed by atoms with van der Waals surface area (Å²) < 4.78 is 12.7. The van der Waals surface area contributed by atoms with Gasteiger partial charge in [-0.15, -0.1) is 0 Å². The van der Waals surface area contributed by atoms with E-state index < -0.39 is 0 Å². The molecule has 2 aromatic carbocycles. The summed E-state index contributed by atoms with van der Waals surface area (Å²) >= 11 is 0. The molecule has 1 spiro atoms. The van der Waals surface area contributed by atoms with Gasteiger partial charge in [-0.1, -0.05) is 42.8 Å². The van der Waals surface area contributed by atoms with Gasteiger partial charge in [-0.05, 0) is 94.9 Å². The highest BCUT2D eigenvalue weighted by Gasteiger charge is 2.67. The molecule has 0 aromatic heterocycles. The third-order valence-corrected chi connectivity index (χ3v) is 11.4. The van der Waals surface area contributed by atoms with Crippen molar-refractivity contribution < 1.29 is 24.2 Å². The lowest BCUT2D eigenvalue weighted by Gasteiger charge is -2.61. The zero-order valence-corrected chi connectivity index (χ0v) is 26.5. The number of carbonyl (C=O) groups is 2. The lowest BCUT2D eigenvalue weighted by atomic mass is 9.51. The maximum absolute atomic E-state index is 14.0. The van der Waals surface area contributed by atoms with Crippen LogP contribution in [0, 0.1) is 11.8 Å². The van der Waals surface area contributed by atoms with Gasteiger partial charge < -0.3 is 19.5 Å². The molecule has 2 saturated carbocycles. The Morgan fingerprint density at radius 3 is 2.64 bits per heavy atom. The first-order valence-electron chi connectivity index (χ1n) is 17.1. The summed E-state index contributed by atoms with van der Waals surface area (Å²) in [5.74, 6) is 1.94. The van der Waals surface area contributed by atoms with E-state index in [9.17, 15) is 14.7 Å². The van der Waals surface area contributed by atoms with Crippen molar-refractivity contribution in [2.24, 2.45) is 11.8 Å². The number of rotatable bonds is 11. The summed E-state index contributed by atoms with van der Waals surface area (Å²) in [5.41, 5.74) is 3.70. The van der Waals surface area contributed by atoms with Gasteiger partial charge in [0.05, 0.1) is 12.1 Å². The number of aryl methyl sites for hydroxylation is 1. The fourth-order valence-electron chi connectivity index (χ4n) is 9.48. The first kappa shape index (κ1) is 29.8. The van der Waals surface area contributed by atoms with Crippen molar-refractivity contribution in [3.05, 3.63) is 59.2 Å². The van der Waals surface area contributed by atoms with Crippen molar-refractivity contribution in [1.82, 2.24) is 9.80 Å². The number of ether oxygens (including phenoxy) is 2. The molecule has 2 heterocycles. The molecule has 44 heavy (non-hydrogen) atoms. The molecular weight excluding hydrogens is 552 g/mol. The second kappa shape index (κ2) is 11.8. The molecule has 7 heteroatoms. The predicted octanol–water partition coefficient (Wildman–Crippen LogP) is 5.44. The van der Waals surface area contributed by atoms with Crippen molar-refractivity contribution in [3.63, 3.8) is 0 Å². The Kier molecular flexibility index (Phi) is 7.98. The molecule has 3 fully saturated rings. The van der Waals surface area contributed by atoms with E-state index in [1.807, 2.05) is 6.07 Å². The van der Waals surface area contributed by atoms with Crippen molar-refractivity contribution in [1.29, 1.82) is 0 Å². The molecule has 236 valence electrons. The molecule has 0 radical (unpaired) electrons. The molecule has 3 aliphatic carbocycles. The van der Waals surface area contributed by atoms with Crippen molar-refractivity contribution in [2.45, 2.75) is 121 Å². The Balaban J connectivity index is 1.14. The van der Waals surface area contributed by atoms with Gasteiger partial charge in [-0.2, -0.15) is 0 Å². The van der Waals surface area contributed by atoms with Gasteiger partial charge in [0.2, 0.25) is 5.91 Å². The van der Waals surface area contributed by atoms with Crippen LogP contribution in [0.5, 0.6) is 11.5 Å². The molecule has 7 rings (SSSR count). The number of aliphatic hydroxyl groups is 1. The van der Waals surface area contributed by atoms with Crippen LogP contribution < -0.4 is 9.47 Å². The van der Waals surface area contributed by atoms with Gasteiger partial charge in [-0.3, -0.25) is 14.5 Å². The van der Waals surface area contributed by atoms with E-state index in [0.717, 1.165) is 76.6 Å². The number of benzene rings is 2. The monoisotopic (exact) mass is 600 g/mol. The van der Waals surface area contributed by atoms with E-state index in [-0.39, 0.29) is 41.6 Å². The summed E-state index contributed by atoms with van der Waals surface area (Å²) in [6.45, 7) is 7.65. The average molecular weight is 601 g/mol. The van der Waals surface area contributed by atoms with E-state index in [2.05, 4.69) is 60.0 Å². The lowest BCUT2D eigenvalue weighted by Crippen LogP contribution is -2.69. The van der Waals surface area contributed by atoms with Crippen LogP contribution in [0.25, 0.3) is 0 Å². The minimum Gasteiger partial charge on any atom is -0.483 e. The van der Waals surface area contributed by atoms with E-state index in [1.54, 1.807) is 0 Å². The highest BCUT2D eigenvalue weighted by molar-refractivity contribution is 5.77. The van der Waals surface area contributed by atoms with Gasteiger partial charge in [-0.25, -0.2) is 0 Å². The zero-order valence-electron chi connectivity index (χ0n) is 26.5. The van der Waals surface area contributed by atoms with Crippen molar-refractivity contribution in [3.8, 4) is 11.5 Å². The van der Waals surface area contributed by atoms with Crippen molar-refractivity contribution in [2.75, 3.05) is 13.1 Å². The van der Waals surface area contributed by atoms with E-state index in [1.165, 1.54) is 23.6 Å². The normalized spacial score (nSPS) is 31.3. The molecule has 2 aromatic rings. The number of likely N-dealkylation sites (tertiary alicyclic amines) is 1. The summed E-state index contributed by atoms with van der Waals surface area (Å²) in [4.78, 5) is 30.9. The van der Waals surface area contributed by atoms with E-state index in [0.29, 0.717) is 30.0 Å². The SMILES string of the molecule is CC(=O)Oc1ccc2c3c1O[C@H]1[C@H](N(C(=O)CCCCCc4ccccc4)C(C)C)CC[C@H]4[C@@H](C2)N(CC2CC2O)CC[C@@]341. The first-order chi connectivity index (χ1) is 21.3. The third-order valence-electron chi connectivity index (χ3n) is 11.4. The third kappa shape index (κ3) is 5.14. The Bertz CT molecular complexity index is 1390. The summed E-state index contributed by atoms with van der Waals surface area (Å²) in [6, 6.07) is 15.1. The number of nitrogens with zero attached hydrogens (tertiary/aromatic N) is 2. The molecule has 5 aliphatic rings. The Morgan fingerprint density at radius 2 is 1.91 bits per heavy atom. The van der Waals surface area contributed by atoms with Gasteiger partial charge >= 0.3 is 5.97 Å². The first-order valence-corrected chi connectivity index (χ1v) is 17.1. The summed E-state index contributed by atoms with van der Waals surface area (Å²) in [7, 11) is 0. The number of carbonyl (C=O) groups excluding carboxylic acids is 2. The number of esters is 1. The Labute approximate surface area is 261 Å². The molecule has 1 saturated heterocycles. The van der Waals surface area contributed by atoms with Crippen LogP contribution in [0.15, 0.2) is 42.5 Å². The van der Waals surface area contributed by atoms with Gasteiger partial charge in [0.1, 0.15) is 6.10 Å². The number of hydrogen-bond donors (Lipinski definition) is 1. The molecule has 7 atom stereocenters. The predicted molar refractivity (Wildman–Crippen MR) is 169 cm³/mol. The highest BCUT2D eigenvalue weighted by Crippen LogP contribution is 2.64. The smallest absolute Gasteiger partial charge is 0.308 e. The van der Waals surface area contributed by atoms with E-state index >= 15 is 0 Å². The average Bonchev–Trinajstić information content (AvgIpc) is 3.57. The number of hydrogen-bond acceptors (Lipinski definition) is 6. The van der Waals surface area contributed by atoms with E-state index in [4.69, 9.17) is 9.47 Å². The molecule has 1 N–H and O–H groups in total. The van der Waals surface area contributed by atoms with Gasteiger partial charge in [0, 0.05) is 48.9 Å². The molecule has 2 unspecified atom stereocenters. The van der Waals surface area contributed by atoms with Crippen LogP contribution in [0.1, 0.15) is 88.8 Å². The van der Waals surface area contributed by atoms with Crippen LogP contribution in [-0.2, 0) is 27.8 Å². The molecular formula is C37H48N2O5. The maximum atomic E-state index is 14.0. The zero-order chi connectivity index (χ0) is 30.6. The second-order valence-corrected chi connectivity index (χ2v) is 14.4. The van der Waals surface area contributed by atoms with Gasteiger partial charge in [0.15, 0.2) is 11.5 Å². The Hall–Kier alpha value is -2.90. The molecule has 2 aliphatic heterocycles. The second-order valence-electron chi connectivity index (χ2n) is 14.4. The fourth-order valence-corrected chi connectivity index (χ4v) is 9.48. The van der Waals surface area contributed by atoms with Crippen LogP contribution >= 0.6 is 0 Å². The molecule has 7 nitrogen and oxygen atoms in total. The molecule has 2 bridgehead atoms. The quantitative estimate of drug-likeness (QED) is 0.210. The number of aliphatic hydroxyl groups excluding tert-OH is 1. The minimum atomic E-state index is -0.344. The largest absolute Gasteiger partial charge is 0.483 e. The standard InChI is InChI=1S/C37H48N2O5/c1-23(2)39(33(42)13-9-5-8-12-25-10-6-4-7-11-25)29-16-15-28-30-20-26-14-17-32(43-24(3)40)35-34(26)37(28,36(29)44-35)18-19-38(30)22-27-21-31(27)41/h4,6-7,10-11,14,17,23,27-31,36,41H,5,8-9,12-13,15-16,18-22H2,1-3H3/t27?,28-,29+,30+,31?,36-,37-/m0/s1. The lowest BCUT2D eigenvalue weighted by molar-refractivity contribution is -0.146. The topological polar surface area (TPSA) is 79.3 Å². The maximum Gasteiger partial charge on any atom is 0.308 e. The molecule has 1 amide bonds. The Morgan fingerprint density at radius 1 is 1.11 bits per heavy atom. The van der Waals surface area contributed by atoms with Crippen LogP contribution in [0.2, 0.25) is 0 Å².